The summed E-state index contributed by atoms with van der Waals surface area (Å²) in [6.07, 6.45) is 1.21. The van der Waals surface area contributed by atoms with Gasteiger partial charge in [0, 0.05) is 13.2 Å². The molecule has 4 nitrogen and oxygen atoms in total. The van der Waals surface area contributed by atoms with E-state index in [4.69, 9.17) is 25.8 Å². The zero-order valence-electron chi connectivity index (χ0n) is 9.89. The summed E-state index contributed by atoms with van der Waals surface area (Å²) in [6.45, 7) is 1.60. The summed E-state index contributed by atoms with van der Waals surface area (Å²) < 4.78 is 15.9. The number of hydrogen-bond acceptors (Lipinski definition) is 4. The van der Waals surface area contributed by atoms with Gasteiger partial charge in [0.1, 0.15) is 0 Å². The number of ether oxygens (including phenoxy) is 3. The van der Waals surface area contributed by atoms with E-state index >= 15 is 0 Å². The van der Waals surface area contributed by atoms with Crippen molar-refractivity contribution in [2.45, 2.75) is 18.9 Å². The minimum atomic E-state index is -0.527. The number of halogens is 1. The third-order valence-electron chi connectivity index (χ3n) is 3.50. The maximum Gasteiger partial charge on any atom is 0.231 e. The van der Waals surface area contributed by atoms with Crippen LogP contribution in [0.3, 0.4) is 0 Å². The molecule has 5 heteroatoms. The number of benzene rings is 1. The predicted octanol–water partition coefficient (Wildman–Crippen LogP) is 2.53. The molecule has 1 atom stereocenters. The number of aliphatic hydroxyl groups excluding tert-OH is 1. The van der Waals surface area contributed by atoms with Crippen LogP contribution in [0, 0.1) is 5.92 Å². The first kappa shape index (κ1) is 12.1. The average Bonchev–Trinajstić information content (AvgIpc) is 2.88. The van der Waals surface area contributed by atoms with E-state index in [1.807, 2.05) is 6.07 Å². The van der Waals surface area contributed by atoms with E-state index < -0.39 is 6.10 Å². The molecule has 0 aromatic heterocycles. The van der Waals surface area contributed by atoms with Gasteiger partial charge in [-0.3, -0.25) is 0 Å². The van der Waals surface area contributed by atoms with E-state index in [1.165, 1.54) is 0 Å². The van der Waals surface area contributed by atoms with Gasteiger partial charge in [-0.05, 0) is 36.5 Å². The normalized spacial score (nSPS) is 21.0. The third kappa shape index (κ3) is 2.16. The summed E-state index contributed by atoms with van der Waals surface area (Å²) in [6, 6.07) is 3.57. The van der Waals surface area contributed by atoms with Gasteiger partial charge in [-0.1, -0.05) is 11.6 Å². The molecule has 2 heterocycles. The Morgan fingerprint density at radius 1 is 1.22 bits per heavy atom. The quantitative estimate of drug-likeness (QED) is 0.897. The van der Waals surface area contributed by atoms with E-state index in [1.54, 1.807) is 6.07 Å². The first-order valence-corrected chi connectivity index (χ1v) is 6.48. The highest BCUT2D eigenvalue weighted by atomic mass is 35.5. The van der Waals surface area contributed by atoms with Crippen molar-refractivity contribution in [3.05, 3.63) is 22.7 Å². The lowest BCUT2D eigenvalue weighted by Gasteiger charge is -2.27. The molecular weight excluding hydrogens is 256 g/mol. The molecule has 98 valence electrons. The van der Waals surface area contributed by atoms with E-state index in [9.17, 15) is 5.11 Å². The van der Waals surface area contributed by atoms with E-state index in [0.717, 1.165) is 18.4 Å². The molecule has 2 aliphatic rings. The van der Waals surface area contributed by atoms with Crippen molar-refractivity contribution in [1.29, 1.82) is 0 Å². The molecule has 18 heavy (non-hydrogen) atoms. The minimum absolute atomic E-state index is 0.186. The molecular formula is C13H15ClO4. The molecule has 1 aromatic rings. The molecule has 0 bridgehead atoms. The standard InChI is InChI=1S/C13H15ClO4/c14-10-5-9(6-11-13(10)18-7-17-11)12(15)8-1-3-16-4-2-8/h5-6,8,12,15H,1-4,7H2. The molecule has 1 N–H and O–H groups in total. The van der Waals surface area contributed by atoms with Crippen LogP contribution in [0.1, 0.15) is 24.5 Å². The van der Waals surface area contributed by atoms with Gasteiger partial charge in [-0.2, -0.15) is 0 Å². The molecule has 0 amide bonds. The highest BCUT2D eigenvalue weighted by Gasteiger charge is 2.26. The van der Waals surface area contributed by atoms with Gasteiger partial charge in [-0.25, -0.2) is 0 Å². The van der Waals surface area contributed by atoms with Crippen LogP contribution in [-0.4, -0.2) is 25.1 Å². The Hall–Kier alpha value is -0.970. The smallest absolute Gasteiger partial charge is 0.231 e. The van der Waals surface area contributed by atoms with Crippen LogP contribution in [0.4, 0.5) is 0 Å². The Kier molecular flexibility index (Phi) is 3.33. The fourth-order valence-corrected chi connectivity index (χ4v) is 2.74. The van der Waals surface area contributed by atoms with Gasteiger partial charge >= 0.3 is 0 Å². The van der Waals surface area contributed by atoms with Crippen molar-refractivity contribution in [1.82, 2.24) is 0 Å². The summed E-state index contributed by atoms with van der Waals surface area (Å²) in [4.78, 5) is 0. The summed E-state index contributed by atoms with van der Waals surface area (Å²) in [7, 11) is 0. The second-order valence-electron chi connectivity index (χ2n) is 4.63. The topological polar surface area (TPSA) is 47.9 Å². The zero-order valence-corrected chi connectivity index (χ0v) is 10.7. The van der Waals surface area contributed by atoms with E-state index in [-0.39, 0.29) is 12.7 Å². The number of rotatable bonds is 2. The van der Waals surface area contributed by atoms with Gasteiger partial charge in [-0.15, -0.1) is 0 Å². The molecule has 3 rings (SSSR count). The fourth-order valence-electron chi connectivity index (χ4n) is 2.46. The Morgan fingerprint density at radius 3 is 2.78 bits per heavy atom. The molecule has 1 saturated heterocycles. The molecule has 2 aliphatic heterocycles. The maximum atomic E-state index is 10.4. The summed E-state index contributed by atoms with van der Waals surface area (Å²) in [5, 5.41) is 10.9. The summed E-state index contributed by atoms with van der Waals surface area (Å²) in [5.74, 6) is 1.40. The van der Waals surface area contributed by atoms with Crippen molar-refractivity contribution in [2.24, 2.45) is 5.92 Å². The van der Waals surface area contributed by atoms with E-state index in [2.05, 4.69) is 0 Å². The van der Waals surface area contributed by atoms with Gasteiger partial charge < -0.3 is 19.3 Å². The molecule has 0 radical (unpaired) electrons. The Balaban J connectivity index is 1.85. The SMILES string of the molecule is OC(c1cc(Cl)c2c(c1)OCO2)C1CCOCC1. The zero-order chi connectivity index (χ0) is 12.5. The maximum absolute atomic E-state index is 10.4. The van der Waals surface area contributed by atoms with Crippen LogP contribution in [0.5, 0.6) is 11.5 Å². The fraction of sp³-hybridized carbons (Fsp3) is 0.538. The Labute approximate surface area is 110 Å². The first-order valence-electron chi connectivity index (χ1n) is 6.10. The molecule has 1 unspecified atom stereocenters. The summed E-state index contributed by atoms with van der Waals surface area (Å²) >= 11 is 6.12. The Morgan fingerprint density at radius 2 is 2.00 bits per heavy atom. The van der Waals surface area contributed by atoms with Crippen molar-refractivity contribution in [2.75, 3.05) is 20.0 Å². The lowest BCUT2D eigenvalue weighted by molar-refractivity contribution is 0.00713. The van der Waals surface area contributed by atoms with Crippen LogP contribution < -0.4 is 9.47 Å². The van der Waals surface area contributed by atoms with Crippen molar-refractivity contribution in [3.8, 4) is 11.5 Å². The highest BCUT2D eigenvalue weighted by molar-refractivity contribution is 6.32. The molecule has 0 saturated carbocycles. The second-order valence-corrected chi connectivity index (χ2v) is 5.04. The second kappa shape index (κ2) is 4.96. The van der Waals surface area contributed by atoms with Crippen molar-refractivity contribution >= 4 is 11.6 Å². The van der Waals surface area contributed by atoms with Gasteiger partial charge in [0.2, 0.25) is 6.79 Å². The van der Waals surface area contributed by atoms with Crippen LogP contribution >= 0.6 is 11.6 Å². The van der Waals surface area contributed by atoms with E-state index in [0.29, 0.717) is 29.7 Å². The lowest BCUT2D eigenvalue weighted by atomic mass is 9.89. The van der Waals surface area contributed by atoms with Gasteiger partial charge in [0.15, 0.2) is 11.5 Å². The highest BCUT2D eigenvalue weighted by Crippen LogP contribution is 2.42. The molecule has 1 fully saturated rings. The first-order chi connectivity index (χ1) is 8.75. The number of aliphatic hydroxyl groups is 1. The van der Waals surface area contributed by atoms with Crippen LogP contribution in [0.15, 0.2) is 12.1 Å². The average molecular weight is 271 g/mol. The van der Waals surface area contributed by atoms with Crippen molar-refractivity contribution < 1.29 is 19.3 Å². The molecule has 0 aliphatic carbocycles. The Bertz CT molecular complexity index is 443. The molecule has 0 spiro atoms. The number of hydrogen-bond donors (Lipinski definition) is 1. The minimum Gasteiger partial charge on any atom is -0.454 e. The van der Waals surface area contributed by atoms with Crippen LogP contribution in [-0.2, 0) is 4.74 Å². The predicted molar refractivity (Wildman–Crippen MR) is 66.1 cm³/mol. The molecule has 1 aromatic carbocycles. The van der Waals surface area contributed by atoms with Crippen LogP contribution in [0.2, 0.25) is 5.02 Å². The number of fused-ring (bicyclic) bond motifs is 1. The lowest BCUT2D eigenvalue weighted by Crippen LogP contribution is -2.21. The van der Waals surface area contributed by atoms with Gasteiger partial charge in [0.25, 0.3) is 0 Å². The largest absolute Gasteiger partial charge is 0.454 e. The van der Waals surface area contributed by atoms with Gasteiger partial charge in [0.05, 0.1) is 11.1 Å². The monoisotopic (exact) mass is 270 g/mol. The summed E-state index contributed by atoms with van der Waals surface area (Å²) in [5.41, 5.74) is 0.788. The van der Waals surface area contributed by atoms with Crippen molar-refractivity contribution in [3.63, 3.8) is 0 Å². The van der Waals surface area contributed by atoms with Crippen LogP contribution in [0.25, 0.3) is 0 Å². The third-order valence-corrected chi connectivity index (χ3v) is 3.78.